The van der Waals surface area contributed by atoms with E-state index >= 15 is 0 Å². The van der Waals surface area contributed by atoms with Crippen LogP contribution >= 0.6 is 0 Å². The van der Waals surface area contributed by atoms with Crippen LogP contribution in [0.5, 0.6) is 0 Å². The highest BCUT2D eigenvalue weighted by molar-refractivity contribution is 6.07. The second kappa shape index (κ2) is 8.62. The number of benzene rings is 3. The van der Waals surface area contributed by atoms with Gasteiger partial charge in [-0.3, -0.25) is 4.79 Å². The molecule has 29 heavy (non-hydrogen) atoms. The standard InChI is InChI=1S/C26H28N2O/c1-27(2)18-16-20-10-15-25-24(19-20)9-6-17-28(25)26(29)23-13-11-22(12-14-23)21-7-4-3-5-8-21/h3-5,7-8,10-15,19H,6,9,16-18H2,1-2H3. The molecule has 0 saturated carbocycles. The third-order valence-electron chi connectivity index (χ3n) is 5.59. The monoisotopic (exact) mass is 384 g/mol. The van der Waals surface area contributed by atoms with Crippen LogP contribution in [0.25, 0.3) is 11.1 Å². The smallest absolute Gasteiger partial charge is 0.258 e. The first-order valence-electron chi connectivity index (χ1n) is 10.4. The molecule has 1 aliphatic heterocycles. The maximum atomic E-state index is 13.2. The Labute approximate surface area is 173 Å². The molecule has 0 atom stereocenters. The molecule has 0 N–H and O–H groups in total. The average Bonchev–Trinajstić information content (AvgIpc) is 2.77. The first-order valence-corrected chi connectivity index (χ1v) is 10.4. The summed E-state index contributed by atoms with van der Waals surface area (Å²) in [6.45, 7) is 1.82. The van der Waals surface area contributed by atoms with Gasteiger partial charge in [0.2, 0.25) is 0 Å². The van der Waals surface area contributed by atoms with Crippen molar-refractivity contribution < 1.29 is 4.79 Å². The SMILES string of the molecule is CN(C)CCc1ccc2c(c1)CCCN2C(=O)c1ccc(-c2ccccc2)cc1. The van der Waals surface area contributed by atoms with Crippen LogP contribution in [0, 0.1) is 0 Å². The van der Waals surface area contributed by atoms with E-state index in [9.17, 15) is 4.79 Å². The van der Waals surface area contributed by atoms with Crippen molar-refractivity contribution >= 4 is 11.6 Å². The lowest BCUT2D eigenvalue weighted by molar-refractivity contribution is 0.0985. The minimum Gasteiger partial charge on any atom is -0.309 e. The summed E-state index contributed by atoms with van der Waals surface area (Å²) < 4.78 is 0. The summed E-state index contributed by atoms with van der Waals surface area (Å²) in [5, 5.41) is 0. The average molecular weight is 385 g/mol. The van der Waals surface area contributed by atoms with Crippen molar-refractivity contribution in [1.82, 2.24) is 4.90 Å². The quantitative estimate of drug-likeness (QED) is 0.614. The van der Waals surface area contributed by atoms with Crippen molar-refractivity contribution in [3.8, 4) is 11.1 Å². The molecule has 0 aliphatic carbocycles. The van der Waals surface area contributed by atoms with Gasteiger partial charge in [-0.2, -0.15) is 0 Å². The number of anilines is 1. The minimum atomic E-state index is 0.0894. The van der Waals surface area contributed by atoms with Gasteiger partial charge in [0, 0.05) is 24.3 Å². The minimum absolute atomic E-state index is 0.0894. The highest BCUT2D eigenvalue weighted by Gasteiger charge is 2.23. The maximum absolute atomic E-state index is 13.2. The topological polar surface area (TPSA) is 23.6 Å². The first-order chi connectivity index (χ1) is 14.1. The first kappa shape index (κ1) is 19.4. The van der Waals surface area contributed by atoms with Crippen LogP contribution in [-0.2, 0) is 12.8 Å². The number of hydrogen-bond donors (Lipinski definition) is 0. The zero-order valence-electron chi connectivity index (χ0n) is 17.3. The van der Waals surface area contributed by atoms with Gasteiger partial charge in [0.15, 0.2) is 0 Å². The number of amides is 1. The van der Waals surface area contributed by atoms with Gasteiger partial charge in [0.1, 0.15) is 0 Å². The summed E-state index contributed by atoms with van der Waals surface area (Å²) in [5.41, 5.74) is 6.75. The molecule has 0 saturated heterocycles. The van der Waals surface area contributed by atoms with Gasteiger partial charge in [-0.25, -0.2) is 0 Å². The number of carbonyl (C=O) groups excluding carboxylic acids is 1. The third kappa shape index (κ3) is 4.41. The van der Waals surface area contributed by atoms with Gasteiger partial charge in [-0.15, -0.1) is 0 Å². The molecule has 0 unspecified atom stereocenters. The zero-order valence-corrected chi connectivity index (χ0v) is 17.3. The van der Waals surface area contributed by atoms with Crippen LogP contribution in [0.2, 0.25) is 0 Å². The fourth-order valence-electron chi connectivity index (χ4n) is 3.96. The summed E-state index contributed by atoms with van der Waals surface area (Å²) in [5.74, 6) is 0.0894. The molecule has 3 nitrogen and oxygen atoms in total. The van der Waals surface area contributed by atoms with Crippen LogP contribution in [0.15, 0.2) is 72.8 Å². The van der Waals surface area contributed by atoms with E-state index in [-0.39, 0.29) is 5.91 Å². The van der Waals surface area contributed by atoms with Crippen molar-refractivity contribution in [1.29, 1.82) is 0 Å². The van der Waals surface area contributed by atoms with Crippen molar-refractivity contribution in [2.45, 2.75) is 19.3 Å². The van der Waals surface area contributed by atoms with Crippen LogP contribution < -0.4 is 4.90 Å². The summed E-state index contributed by atoms with van der Waals surface area (Å²) in [6, 6.07) is 24.8. The van der Waals surface area contributed by atoms with E-state index in [4.69, 9.17) is 0 Å². The third-order valence-corrected chi connectivity index (χ3v) is 5.59. The molecule has 0 aromatic heterocycles. The van der Waals surface area contributed by atoms with Gasteiger partial charge < -0.3 is 9.80 Å². The van der Waals surface area contributed by atoms with Crippen LogP contribution in [-0.4, -0.2) is 38.0 Å². The van der Waals surface area contributed by atoms with Crippen LogP contribution in [0.4, 0.5) is 5.69 Å². The lowest BCUT2D eigenvalue weighted by Gasteiger charge is -2.30. The summed E-state index contributed by atoms with van der Waals surface area (Å²) in [4.78, 5) is 17.4. The Morgan fingerprint density at radius 1 is 0.931 bits per heavy atom. The Kier molecular flexibility index (Phi) is 5.77. The molecule has 1 aliphatic rings. The molecule has 148 valence electrons. The lowest BCUT2D eigenvalue weighted by Crippen LogP contribution is -2.35. The molecule has 4 rings (SSSR count). The zero-order chi connectivity index (χ0) is 20.2. The number of fused-ring (bicyclic) bond motifs is 1. The van der Waals surface area contributed by atoms with E-state index in [0.717, 1.165) is 49.2 Å². The predicted molar refractivity (Wildman–Crippen MR) is 121 cm³/mol. The molecule has 3 aromatic rings. The Bertz CT molecular complexity index is 977. The Morgan fingerprint density at radius 3 is 2.38 bits per heavy atom. The van der Waals surface area contributed by atoms with Gasteiger partial charge in [-0.1, -0.05) is 54.6 Å². The van der Waals surface area contributed by atoms with Crippen LogP contribution in [0.3, 0.4) is 0 Å². The van der Waals surface area contributed by atoms with Gasteiger partial charge >= 0.3 is 0 Å². The van der Waals surface area contributed by atoms with Crippen molar-refractivity contribution in [2.75, 3.05) is 32.1 Å². The molecule has 1 amide bonds. The summed E-state index contributed by atoms with van der Waals surface area (Å²) in [7, 11) is 4.20. The number of carbonyl (C=O) groups is 1. The molecule has 0 bridgehead atoms. The van der Waals surface area contributed by atoms with Gasteiger partial charge in [0.25, 0.3) is 5.91 Å². The Morgan fingerprint density at radius 2 is 1.66 bits per heavy atom. The molecular weight excluding hydrogens is 356 g/mol. The molecule has 1 heterocycles. The van der Waals surface area contributed by atoms with E-state index in [2.05, 4.69) is 49.3 Å². The Hall–Kier alpha value is -2.91. The van der Waals surface area contributed by atoms with Gasteiger partial charge in [0.05, 0.1) is 0 Å². The van der Waals surface area contributed by atoms with E-state index in [0.29, 0.717) is 0 Å². The molecule has 0 radical (unpaired) electrons. The second-order valence-corrected chi connectivity index (χ2v) is 8.02. The van der Waals surface area contributed by atoms with E-state index in [1.807, 2.05) is 47.4 Å². The number of rotatable bonds is 5. The number of aryl methyl sites for hydroxylation is 1. The highest BCUT2D eigenvalue weighted by Crippen LogP contribution is 2.30. The van der Waals surface area contributed by atoms with Crippen LogP contribution in [0.1, 0.15) is 27.9 Å². The predicted octanol–water partition coefficient (Wildman–Crippen LogP) is 5.05. The number of hydrogen-bond acceptors (Lipinski definition) is 2. The molecule has 3 aromatic carbocycles. The normalized spacial score (nSPS) is 13.4. The maximum Gasteiger partial charge on any atom is 0.258 e. The number of likely N-dealkylation sites (N-methyl/N-ethyl adjacent to an activating group) is 1. The van der Waals surface area contributed by atoms with Gasteiger partial charge in [-0.05, 0) is 73.8 Å². The van der Waals surface area contributed by atoms with Crippen molar-refractivity contribution in [2.24, 2.45) is 0 Å². The van der Waals surface area contributed by atoms with Crippen molar-refractivity contribution in [3.05, 3.63) is 89.5 Å². The molecule has 3 heteroatoms. The van der Waals surface area contributed by atoms with E-state index in [1.165, 1.54) is 16.7 Å². The fourth-order valence-corrected chi connectivity index (χ4v) is 3.96. The van der Waals surface area contributed by atoms with Crippen molar-refractivity contribution in [3.63, 3.8) is 0 Å². The molecule has 0 fully saturated rings. The molecule has 0 spiro atoms. The fraction of sp³-hybridized carbons (Fsp3) is 0.269. The number of nitrogens with zero attached hydrogens (tertiary/aromatic N) is 2. The largest absolute Gasteiger partial charge is 0.309 e. The summed E-state index contributed by atoms with van der Waals surface area (Å²) >= 11 is 0. The summed E-state index contributed by atoms with van der Waals surface area (Å²) in [6.07, 6.45) is 3.09. The highest BCUT2D eigenvalue weighted by atomic mass is 16.2. The van der Waals surface area contributed by atoms with E-state index < -0.39 is 0 Å². The Balaban J connectivity index is 1.54. The van der Waals surface area contributed by atoms with E-state index in [1.54, 1.807) is 0 Å². The molecular formula is C26H28N2O. The lowest BCUT2D eigenvalue weighted by atomic mass is 9.97. The second-order valence-electron chi connectivity index (χ2n) is 8.02.